The Morgan fingerprint density at radius 1 is 0.442 bits per heavy atom. The molecule has 2 aromatic rings. The van der Waals surface area contributed by atoms with Crippen LogP contribution in [-0.4, -0.2) is 50.0 Å². The van der Waals surface area contributed by atoms with Gasteiger partial charge in [-0.05, 0) is 0 Å². The Labute approximate surface area is 288 Å². The molecular weight excluding hydrogens is 831 g/mol. The third kappa shape index (κ3) is 11.9. The minimum atomic E-state index is -2.38. The van der Waals surface area contributed by atoms with Gasteiger partial charge in [-0.25, -0.2) is 0 Å². The molecule has 1 aliphatic heterocycles. The Bertz CT molecular complexity index is 971. The van der Waals surface area contributed by atoms with Crippen LogP contribution in [0.15, 0.2) is 12.1 Å². The summed E-state index contributed by atoms with van der Waals surface area (Å²) >= 11 is -2.02. The van der Waals surface area contributed by atoms with Crippen molar-refractivity contribution in [2.24, 2.45) is 0 Å². The molecule has 246 valence electrons. The molecule has 1 aliphatic rings. The fourth-order valence-electron chi connectivity index (χ4n) is 7.21. The van der Waals surface area contributed by atoms with Gasteiger partial charge in [-0.2, -0.15) is 0 Å². The average molecular weight is 901 g/mol. The second-order valence-electron chi connectivity index (χ2n) is 16.2. The van der Waals surface area contributed by atoms with Gasteiger partial charge in [-0.3, -0.25) is 0 Å². The third-order valence-corrected chi connectivity index (χ3v) is 43.2. The second kappa shape index (κ2) is 19.5. The SMILES string of the molecule is CCCCCCCCCCC[CH2][Ge]1([CH2]CCCCCCCCCCC)[c]2c[c]([Sn]([CH3])([CH3])[CH3])sc2-c2s[c]([Sn]([CH3])([CH3])[CH3])c[c]21. The van der Waals surface area contributed by atoms with E-state index in [4.69, 9.17) is 0 Å². The van der Waals surface area contributed by atoms with Gasteiger partial charge in [0.2, 0.25) is 0 Å². The van der Waals surface area contributed by atoms with Gasteiger partial charge in [-0.15, -0.1) is 0 Å². The molecular formula is C38H70GeS2Sn2. The molecule has 0 atom stereocenters. The Kier molecular flexibility index (Phi) is 17.7. The number of rotatable bonds is 24. The zero-order valence-electron chi connectivity index (χ0n) is 30.0. The van der Waals surface area contributed by atoms with Crippen LogP contribution in [0.25, 0.3) is 9.75 Å². The summed E-state index contributed by atoms with van der Waals surface area (Å²) in [5.41, 5.74) is 0. The first-order valence-corrected chi connectivity index (χ1v) is 45.5. The van der Waals surface area contributed by atoms with Crippen molar-refractivity contribution in [1.82, 2.24) is 0 Å². The zero-order chi connectivity index (χ0) is 31.3. The van der Waals surface area contributed by atoms with E-state index in [2.05, 4.69) is 78.3 Å². The fourth-order valence-corrected chi connectivity index (χ4v) is 36.2. The molecule has 3 heterocycles. The normalized spacial score (nSPS) is 14.4. The summed E-state index contributed by atoms with van der Waals surface area (Å²) in [7, 11) is 0. The standard InChI is InChI=1S/C32H52GeS2.6CH3.2Sn/c1-3-5-7-9-11-13-15-17-19-21-25-33(26-22-20-18-16-14-12-10-8-6-4-2)29-23-27-34-31(29)32-30(33)24-28-35-32;;;;;;;;/h23-24H,3-22,25-26H2,1-2H3;6*1H3;;. The third-order valence-electron chi connectivity index (χ3n) is 10.1. The van der Waals surface area contributed by atoms with Crippen molar-refractivity contribution in [3.63, 3.8) is 0 Å². The Morgan fingerprint density at radius 2 is 0.721 bits per heavy atom. The number of hydrogen-bond acceptors (Lipinski definition) is 2. The van der Waals surface area contributed by atoms with Crippen LogP contribution in [0.5, 0.6) is 0 Å². The maximum atomic E-state index is 2.87. The predicted octanol–water partition coefficient (Wildman–Crippen LogP) is 12.3. The molecule has 0 aliphatic carbocycles. The number of hydrogen-bond donors (Lipinski definition) is 0. The van der Waals surface area contributed by atoms with E-state index in [1.54, 1.807) is 10.5 Å². The van der Waals surface area contributed by atoms with Crippen molar-refractivity contribution >= 4 is 87.3 Å². The first-order valence-electron chi connectivity index (χ1n) is 18.8. The molecule has 0 spiro atoms. The van der Waals surface area contributed by atoms with Crippen LogP contribution in [-0.2, 0) is 0 Å². The van der Waals surface area contributed by atoms with E-state index in [0.29, 0.717) is 0 Å². The molecule has 2 aromatic heterocycles. The summed E-state index contributed by atoms with van der Waals surface area (Å²) < 4.78 is 7.69. The van der Waals surface area contributed by atoms with Gasteiger partial charge < -0.3 is 0 Å². The average Bonchev–Trinajstić information content (AvgIpc) is 3.64. The van der Waals surface area contributed by atoms with Gasteiger partial charge in [0.15, 0.2) is 0 Å². The molecule has 0 aromatic carbocycles. The van der Waals surface area contributed by atoms with Gasteiger partial charge in [0.1, 0.15) is 0 Å². The van der Waals surface area contributed by atoms with Crippen LogP contribution >= 0.6 is 22.7 Å². The maximum absolute atomic E-state index is 2.87. The first kappa shape index (κ1) is 39.0. The van der Waals surface area contributed by atoms with Crippen LogP contribution in [0.4, 0.5) is 0 Å². The van der Waals surface area contributed by atoms with Crippen molar-refractivity contribution in [1.29, 1.82) is 0 Å². The topological polar surface area (TPSA) is 0 Å². The van der Waals surface area contributed by atoms with E-state index >= 15 is 0 Å². The molecule has 0 saturated carbocycles. The van der Waals surface area contributed by atoms with Crippen LogP contribution in [0.3, 0.4) is 0 Å². The van der Waals surface area contributed by atoms with Gasteiger partial charge >= 0.3 is 292 Å². The molecule has 0 saturated heterocycles. The predicted molar refractivity (Wildman–Crippen MR) is 212 cm³/mol. The Balaban J connectivity index is 1.71. The molecule has 0 amide bonds. The van der Waals surface area contributed by atoms with E-state index in [9.17, 15) is 0 Å². The van der Waals surface area contributed by atoms with Crippen LogP contribution in [0.1, 0.15) is 142 Å². The van der Waals surface area contributed by atoms with E-state index in [0.717, 1.165) is 0 Å². The Hall–Kier alpha value is 1.54. The molecule has 0 unspecified atom stereocenters. The van der Waals surface area contributed by atoms with Crippen molar-refractivity contribution < 1.29 is 0 Å². The number of unbranched alkanes of at least 4 members (excludes halogenated alkanes) is 18. The summed E-state index contributed by atoms with van der Waals surface area (Å²) in [5, 5.41) is 3.17. The van der Waals surface area contributed by atoms with Gasteiger partial charge in [0.05, 0.1) is 0 Å². The molecule has 3 rings (SSSR count). The summed E-state index contributed by atoms with van der Waals surface area (Å²) in [6.07, 6.45) is 29.2. The molecule has 0 N–H and O–H groups in total. The summed E-state index contributed by atoms with van der Waals surface area (Å²) in [5.74, 6) is 0. The molecule has 0 nitrogen and oxygen atoms in total. The number of thiophene rings is 2. The molecule has 0 fully saturated rings. The molecule has 0 radical (unpaired) electrons. The molecule has 0 bridgehead atoms. The van der Waals surface area contributed by atoms with Crippen LogP contribution < -0.4 is 14.6 Å². The zero-order valence-corrected chi connectivity index (χ0v) is 39.5. The van der Waals surface area contributed by atoms with E-state index in [1.165, 1.54) is 128 Å². The van der Waals surface area contributed by atoms with Gasteiger partial charge in [0, 0.05) is 0 Å². The molecule has 43 heavy (non-hydrogen) atoms. The summed E-state index contributed by atoms with van der Waals surface area (Å²) in [6.45, 7) is 4.66. The summed E-state index contributed by atoms with van der Waals surface area (Å²) in [4.78, 5) is 19.5. The fraction of sp³-hybridized carbons (Fsp3) is 0.789. The monoisotopic (exact) mass is 904 g/mol. The van der Waals surface area contributed by atoms with E-state index in [1.807, 2.05) is 24.3 Å². The quantitative estimate of drug-likeness (QED) is 0.0727. The first-order chi connectivity index (χ1) is 20.5. The van der Waals surface area contributed by atoms with Crippen molar-refractivity contribution in [3.8, 4) is 9.75 Å². The van der Waals surface area contributed by atoms with Crippen molar-refractivity contribution in [2.75, 3.05) is 0 Å². The van der Waals surface area contributed by atoms with Gasteiger partial charge in [-0.1, -0.05) is 0 Å². The van der Waals surface area contributed by atoms with E-state index < -0.39 is 50.0 Å². The summed E-state index contributed by atoms with van der Waals surface area (Å²) in [6, 6.07) is 5.74. The second-order valence-corrected chi connectivity index (χ2v) is 58.0. The Morgan fingerprint density at radius 3 is 1.00 bits per heavy atom. The molecule has 5 heteroatoms. The van der Waals surface area contributed by atoms with Crippen LogP contribution in [0, 0.1) is 0 Å². The van der Waals surface area contributed by atoms with Gasteiger partial charge in [0.25, 0.3) is 0 Å². The van der Waals surface area contributed by atoms with Crippen molar-refractivity contribution in [2.45, 2.75) is 182 Å². The minimum absolute atomic E-state index is 1.37. The number of fused-ring (bicyclic) bond motifs is 3. The van der Waals surface area contributed by atoms with Crippen LogP contribution in [0.2, 0.25) is 40.1 Å². The van der Waals surface area contributed by atoms with E-state index in [-0.39, 0.29) is 0 Å². The van der Waals surface area contributed by atoms with Crippen molar-refractivity contribution in [3.05, 3.63) is 12.1 Å².